The summed E-state index contributed by atoms with van der Waals surface area (Å²) in [6.45, 7) is 1.81. The molecule has 4 heteroatoms. The van der Waals surface area contributed by atoms with Gasteiger partial charge in [0.2, 0.25) is 11.8 Å². The highest BCUT2D eigenvalue weighted by atomic mass is 16.2. The standard InChI is InChI=1S/C14H14N2O2/c1-10(17)15-8-2-3-11-4-6-13-12(9-11)5-7-14(18)16-13/h4,6,9H,5,7-8H2,1H3,(H,15,17)(H,16,18). The van der Waals surface area contributed by atoms with Gasteiger partial charge < -0.3 is 10.6 Å². The zero-order chi connectivity index (χ0) is 13.0. The van der Waals surface area contributed by atoms with Crippen molar-refractivity contribution in [1.29, 1.82) is 0 Å². The molecule has 2 amide bonds. The molecule has 1 aromatic carbocycles. The van der Waals surface area contributed by atoms with Crippen molar-refractivity contribution in [3.05, 3.63) is 29.3 Å². The number of rotatable bonds is 1. The third-order valence-corrected chi connectivity index (χ3v) is 2.66. The van der Waals surface area contributed by atoms with Gasteiger partial charge >= 0.3 is 0 Å². The zero-order valence-electron chi connectivity index (χ0n) is 10.2. The first kappa shape index (κ1) is 12.2. The molecule has 1 aliphatic heterocycles. The molecule has 0 bridgehead atoms. The number of anilines is 1. The molecule has 0 fully saturated rings. The Kier molecular flexibility index (Phi) is 3.63. The first-order valence-corrected chi connectivity index (χ1v) is 5.81. The van der Waals surface area contributed by atoms with Crippen LogP contribution >= 0.6 is 0 Å². The van der Waals surface area contributed by atoms with Gasteiger partial charge in [0, 0.05) is 24.6 Å². The number of carbonyl (C=O) groups is 2. The number of hydrogen-bond acceptors (Lipinski definition) is 2. The van der Waals surface area contributed by atoms with Crippen LogP contribution in [0.3, 0.4) is 0 Å². The molecule has 1 aliphatic rings. The van der Waals surface area contributed by atoms with E-state index >= 15 is 0 Å². The van der Waals surface area contributed by atoms with Crippen LogP contribution < -0.4 is 10.6 Å². The third kappa shape index (κ3) is 3.11. The van der Waals surface area contributed by atoms with E-state index in [1.54, 1.807) is 0 Å². The van der Waals surface area contributed by atoms with Crippen LogP contribution in [0.2, 0.25) is 0 Å². The topological polar surface area (TPSA) is 58.2 Å². The molecule has 1 aromatic rings. The van der Waals surface area contributed by atoms with Gasteiger partial charge in [-0.2, -0.15) is 0 Å². The molecule has 0 unspecified atom stereocenters. The fourth-order valence-corrected chi connectivity index (χ4v) is 1.78. The minimum atomic E-state index is -0.0857. The zero-order valence-corrected chi connectivity index (χ0v) is 10.2. The fraction of sp³-hybridized carbons (Fsp3) is 0.286. The summed E-state index contributed by atoms with van der Waals surface area (Å²) in [6, 6.07) is 5.72. The molecule has 0 spiro atoms. The molecular weight excluding hydrogens is 228 g/mol. The number of benzene rings is 1. The minimum Gasteiger partial charge on any atom is -0.345 e. The maximum absolute atomic E-state index is 11.2. The van der Waals surface area contributed by atoms with Crippen molar-refractivity contribution in [3.8, 4) is 11.8 Å². The van der Waals surface area contributed by atoms with Gasteiger partial charge in [-0.25, -0.2) is 0 Å². The molecule has 0 aliphatic carbocycles. The van der Waals surface area contributed by atoms with Gasteiger partial charge in [0.1, 0.15) is 0 Å². The van der Waals surface area contributed by atoms with Crippen LogP contribution in [0, 0.1) is 11.8 Å². The normalized spacial score (nSPS) is 12.8. The van der Waals surface area contributed by atoms with E-state index in [1.807, 2.05) is 18.2 Å². The monoisotopic (exact) mass is 242 g/mol. The van der Waals surface area contributed by atoms with Crippen molar-refractivity contribution in [2.75, 3.05) is 11.9 Å². The van der Waals surface area contributed by atoms with Gasteiger partial charge in [0.25, 0.3) is 0 Å². The summed E-state index contributed by atoms with van der Waals surface area (Å²) >= 11 is 0. The van der Waals surface area contributed by atoms with Crippen molar-refractivity contribution < 1.29 is 9.59 Å². The second-order valence-corrected chi connectivity index (χ2v) is 4.13. The van der Waals surface area contributed by atoms with E-state index in [0.29, 0.717) is 13.0 Å². The maximum Gasteiger partial charge on any atom is 0.224 e. The van der Waals surface area contributed by atoms with Crippen molar-refractivity contribution in [2.24, 2.45) is 0 Å². The third-order valence-electron chi connectivity index (χ3n) is 2.66. The van der Waals surface area contributed by atoms with Crippen molar-refractivity contribution >= 4 is 17.5 Å². The molecule has 92 valence electrons. The second-order valence-electron chi connectivity index (χ2n) is 4.13. The Hall–Kier alpha value is -2.28. The van der Waals surface area contributed by atoms with E-state index in [2.05, 4.69) is 22.5 Å². The molecule has 2 N–H and O–H groups in total. The number of hydrogen-bond donors (Lipinski definition) is 2. The average molecular weight is 242 g/mol. The molecule has 0 saturated carbocycles. The van der Waals surface area contributed by atoms with Crippen LogP contribution in [-0.2, 0) is 16.0 Å². The Morgan fingerprint density at radius 2 is 2.28 bits per heavy atom. The molecule has 0 saturated heterocycles. The molecule has 2 rings (SSSR count). The summed E-state index contributed by atoms with van der Waals surface area (Å²) in [4.78, 5) is 21.9. The first-order chi connectivity index (χ1) is 8.65. The Morgan fingerprint density at radius 1 is 1.44 bits per heavy atom. The van der Waals surface area contributed by atoms with Crippen LogP contribution in [0.25, 0.3) is 0 Å². The lowest BCUT2D eigenvalue weighted by molar-refractivity contribution is -0.119. The quantitative estimate of drug-likeness (QED) is 0.723. The highest BCUT2D eigenvalue weighted by molar-refractivity contribution is 5.93. The Labute approximate surface area is 106 Å². The average Bonchev–Trinajstić information content (AvgIpc) is 2.34. The van der Waals surface area contributed by atoms with Crippen LogP contribution in [0.5, 0.6) is 0 Å². The first-order valence-electron chi connectivity index (χ1n) is 5.81. The summed E-state index contributed by atoms with van der Waals surface area (Å²) in [5.74, 6) is 5.84. The largest absolute Gasteiger partial charge is 0.345 e. The van der Waals surface area contributed by atoms with Gasteiger partial charge in [0.05, 0.1) is 6.54 Å². The minimum absolute atomic E-state index is 0.0620. The molecule has 4 nitrogen and oxygen atoms in total. The lowest BCUT2D eigenvalue weighted by Gasteiger charge is -2.16. The van der Waals surface area contributed by atoms with E-state index < -0.39 is 0 Å². The number of fused-ring (bicyclic) bond motifs is 1. The molecule has 0 aromatic heterocycles. The SMILES string of the molecule is CC(=O)NCC#Cc1ccc2c(c1)CCC(=O)N2. The smallest absolute Gasteiger partial charge is 0.224 e. The number of amides is 2. The Balaban J connectivity index is 2.07. The van der Waals surface area contributed by atoms with Gasteiger partial charge in [0.15, 0.2) is 0 Å². The van der Waals surface area contributed by atoms with Crippen LogP contribution in [-0.4, -0.2) is 18.4 Å². The molecule has 1 heterocycles. The lowest BCUT2D eigenvalue weighted by Crippen LogP contribution is -2.19. The van der Waals surface area contributed by atoms with Gasteiger partial charge in [-0.3, -0.25) is 9.59 Å². The van der Waals surface area contributed by atoms with E-state index in [-0.39, 0.29) is 11.8 Å². The van der Waals surface area contributed by atoms with Crippen molar-refractivity contribution in [3.63, 3.8) is 0 Å². The van der Waals surface area contributed by atoms with Gasteiger partial charge in [-0.1, -0.05) is 11.8 Å². The molecule has 0 atom stereocenters. The summed E-state index contributed by atoms with van der Waals surface area (Å²) < 4.78 is 0. The maximum atomic E-state index is 11.2. The Bertz CT molecular complexity index is 553. The highest BCUT2D eigenvalue weighted by Gasteiger charge is 2.13. The number of carbonyl (C=O) groups excluding carboxylic acids is 2. The molecule has 18 heavy (non-hydrogen) atoms. The highest BCUT2D eigenvalue weighted by Crippen LogP contribution is 2.23. The summed E-state index contributed by atoms with van der Waals surface area (Å²) in [7, 11) is 0. The summed E-state index contributed by atoms with van der Waals surface area (Å²) in [6.07, 6.45) is 1.28. The van der Waals surface area contributed by atoms with Gasteiger partial charge in [-0.15, -0.1) is 0 Å². The summed E-state index contributed by atoms with van der Waals surface area (Å²) in [5, 5.41) is 5.44. The predicted molar refractivity (Wildman–Crippen MR) is 69.0 cm³/mol. The Morgan fingerprint density at radius 3 is 3.06 bits per heavy atom. The fourth-order valence-electron chi connectivity index (χ4n) is 1.78. The predicted octanol–water partition coefficient (Wildman–Crippen LogP) is 1.06. The molecular formula is C14H14N2O2. The van der Waals surface area contributed by atoms with E-state index in [4.69, 9.17) is 0 Å². The molecule has 0 radical (unpaired) electrons. The van der Waals surface area contributed by atoms with E-state index in [9.17, 15) is 9.59 Å². The lowest BCUT2D eigenvalue weighted by atomic mass is 10.0. The van der Waals surface area contributed by atoms with Crippen LogP contribution in [0.15, 0.2) is 18.2 Å². The van der Waals surface area contributed by atoms with E-state index in [1.165, 1.54) is 6.92 Å². The van der Waals surface area contributed by atoms with Crippen LogP contribution in [0.4, 0.5) is 5.69 Å². The van der Waals surface area contributed by atoms with Crippen LogP contribution in [0.1, 0.15) is 24.5 Å². The van der Waals surface area contributed by atoms with Gasteiger partial charge in [-0.05, 0) is 30.2 Å². The number of nitrogens with one attached hydrogen (secondary N) is 2. The second kappa shape index (κ2) is 5.37. The number of aryl methyl sites for hydroxylation is 1. The van der Waals surface area contributed by atoms with Crippen molar-refractivity contribution in [2.45, 2.75) is 19.8 Å². The van der Waals surface area contributed by atoms with E-state index in [0.717, 1.165) is 23.2 Å². The van der Waals surface area contributed by atoms with Crippen molar-refractivity contribution in [1.82, 2.24) is 5.32 Å². The summed E-state index contributed by atoms with van der Waals surface area (Å²) in [5.41, 5.74) is 2.88.